The summed E-state index contributed by atoms with van der Waals surface area (Å²) >= 11 is 0. The number of methoxy groups -OCH3 is 1. The molecule has 0 bridgehead atoms. The van der Waals surface area contributed by atoms with E-state index in [9.17, 15) is 0 Å². The van der Waals surface area contributed by atoms with Crippen LogP contribution in [0.15, 0.2) is 18.2 Å². The maximum absolute atomic E-state index is 5.33. The highest BCUT2D eigenvalue weighted by Crippen LogP contribution is 2.33. The largest absolute Gasteiger partial charge is 0.497 e. The number of fused-ring (bicyclic) bond motifs is 1. The second kappa shape index (κ2) is 5.52. The Bertz CT molecular complexity index is 378. The first-order valence-electron chi connectivity index (χ1n) is 6.28. The van der Waals surface area contributed by atoms with Gasteiger partial charge in [-0.25, -0.2) is 0 Å². The predicted octanol–water partition coefficient (Wildman–Crippen LogP) is 1.83. The Morgan fingerprint density at radius 2 is 2.29 bits per heavy atom. The summed E-state index contributed by atoms with van der Waals surface area (Å²) in [4.78, 5) is 2.44. The highest BCUT2D eigenvalue weighted by atomic mass is 16.5. The van der Waals surface area contributed by atoms with Crippen LogP contribution in [0.4, 0.5) is 0 Å². The van der Waals surface area contributed by atoms with Crippen molar-refractivity contribution in [2.24, 2.45) is 0 Å². The number of likely N-dealkylation sites (N-methyl/N-ethyl adjacent to an activating group) is 1. The van der Waals surface area contributed by atoms with Crippen LogP contribution in [0.1, 0.15) is 23.6 Å². The van der Waals surface area contributed by atoms with Gasteiger partial charge < -0.3 is 10.1 Å². The highest BCUT2D eigenvalue weighted by Gasteiger charge is 2.24. The van der Waals surface area contributed by atoms with Crippen molar-refractivity contribution in [3.63, 3.8) is 0 Å². The van der Waals surface area contributed by atoms with Crippen LogP contribution in [0, 0.1) is 0 Å². The summed E-state index contributed by atoms with van der Waals surface area (Å²) in [5.41, 5.74) is 2.92. The molecule has 1 unspecified atom stereocenters. The average Bonchev–Trinajstić information content (AvgIpc) is 2.37. The standard InChI is InChI=1S/C14H22N2O/c1-15-8-6-14-13-10-12(17-3)5-4-11(13)7-9-16(14)2/h4-5,10,14-15H,6-9H2,1-3H3. The molecule has 3 heteroatoms. The van der Waals surface area contributed by atoms with Crippen LogP contribution in [0.3, 0.4) is 0 Å². The Balaban J connectivity index is 2.27. The fourth-order valence-corrected chi connectivity index (χ4v) is 2.58. The van der Waals surface area contributed by atoms with Crippen molar-refractivity contribution >= 4 is 0 Å². The molecule has 17 heavy (non-hydrogen) atoms. The summed E-state index contributed by atoms with van der Waals surface area (Å²) in [6.45, 7) is 2.19. The Hall–Kier alpha value is -1.06. The van der Waals surface area contributed by atoms with Gasteiger partial charge in [-0.2, -0.15) is 0 Å². The molecule has 0 aliphatic carbocycles. The second-order valence-electron chi connectivity index (χ2n) is 4.70. The van der Waals surface area contributed by atoms with Crippen LogP contribution < -0.4 is 10.1 Å². The summed E-state index contributed by atoms with van der Waals surface area (Å²) in [5, 5.41) is 3.24. The van der Waals surface area contributed by atoms with Crippen LogP contribution in [0.25, 0.3) is 0 Å². The van der Waals surface area contributed by atoms with Gasteiger partial charge in [0.05, 0.1) is 7.11 Å². The fourth-order valence-electron chi connectivity index (χ4n) is 2.58. The summed E-state index contributed by atoms with van der Waals surface area (Å²) < 4.78 is 5.33. The molecule has 0 amide bonds. The quantitative estimate of drug-likeness (QED) is 0.860. The van der Waals surface area contributed by atoms with E-state index in [0.29, 0.717) is 6.04 Å². The minimum absolute atomic E-state index is 0.515. The van der Waals surface area contributed by atoms with Gasteiger partial charge in [-0.15, -0.1) is 0 Å². The lowest BCUT2D eigenvalue weighted by atomic mass is 9.91. The van der Waals surface area contributed by atoms with Crippen LogP contribution in [0.2, 0.25) is 0 Å². The Kier molecular flexibility index (Phi) is 4.02. The van der Waals surface area contributed by atoms with Gasteiger partial charge in [0.15, 0.2) is 0 Å². The van der Waals surface area contributed by atoms with E-state index < -0.39 is 0 Å². The highest BCUT2D eigenvalue weighted by molar-refractivity contribution is 5.39. The lowest BCUT2D eigenvalue weighted by Gasteiger charge is -2.35. The summed E-state index contributed by atoms with van der Waals surface area (Å²) in [6.07, 6.45) is 2.29. The van der Waals surface area contributed by atoms with E-state index in [2.05, 4.69) is 35.5 Å². The number of nitrogens with zero attached hydrogens (tertiary/aromatic N) is 1. The average molecular weight is 234 g/mol. The number of nitrogens with one attached hydrogen (secondary N) is 1. The number of ether oxygens (including phenoxy) is 1. The zero-order valence-electron chi connectivity index (χ0n) is 11.0. The number of rotatable bonds is 4. The molecular weight excluding hydrogens is 212 g/mol. The van der Waals surface area contributed by atoms with Crippen LogP contribution >= 0.6 is 0 Å². The number of benzene rings is 1. The second-order valence-corrected chi connectivity index (χ2v) is 4.70. The molecule has 1 heterocycles. The zero-order chi connectivity index (χ0) is 12.3. The smallest absolute Gasteiger partial charge is 0.119 e. The van der Waals surface area contributed by atoms with Crippen molar-refractivity contribution in [1.29, 1.82) is 0 Å². The van der Waals surface area contributed by atoms with Crippen molar-refractivity contribution < 1.29 is 4.74 Å². The molecule has 2 rings (SSSR count). The van der Waals surface area contributed by atoms with E-state index in [1.165, 1.54) is 11.1 Å². The minimum atomic E-state index is 0.515. The minimum Gasteiger partial charge on any atom is -0.497 e. The molecule has 0 spiro atoms. The molecule has 3 nitrogen and oxygen atoms in total. The number of hydrogen-bond acceptors (Lipinski definition) is 3. The summed E-state index contributed by atoms with van der Waals surface area (Å²) in [6, 6.07) is 7.00. The molecule has 94 valence electrons. The molecule has 0 radical (unpaired) electrons. The molecule has 1 aliphatic rings. The first-order chi connectivity index (χ1) is 8.26. The van der Waals surface area contributed by atoms with Gasteiger partial charge >= 0.3 is 0 Å². The van der Waals surface area contributed by atoms with Crippen molar-refractivity contribution in [3.05, 3.63) is 29.3 Å². The lowest BCUT2D eigenvalue weighted by Crippen LogP contribution is -2.33. The zero-order valence-corrected chi connectivity index (χ0v) is 11.0. The van der Waals surface area contributed by atoms with Crippen molar-refractivity contribution in [3.8, 4) is 5.75 Å². The maximum Gasteiger partial charge on any atom is 0.119 e. The van der Waals surface area contributed by atoms with Gasteiger partial charge in [-0.05, 0) is 56.7 Å². The molecule has 0 fully saturated rings. The third-order valence-electron chi connectivity index (χ3n) is 3.65. The summed E-state index contributed by atoms with van der Waals surface area (Å²) in [7, 11) is 5.95. The molecule has 0 saturated heterocycles. The van der Waals surface area contributed by atoms with E-state index in [0.717, 1.165) is 31.7 Å². The fraction of sp³-hybridized carbons (Fsp3) is 0.571. The molecule has 1 aliphatic heterocycles. The van der Waals surface area contributed by atoms with E-state index >= 15 is 0 Å². The lowest BCUT2D eigenvalue weighted by molar-refractivity contribution is 0.218. The first kappa shape index (κ1) is 12.4. The molecule has 1 aromatic rings. The van der Waals surface area contributed by atoms with Crippen LogP contribution in [-0.2, 0) is 6.42 Å². The molecule has 0 saturated carbocycles. The molecule has 0 aromatic heterocycles. The van der Waals surface area contributed by atoms with E-state index in [-0.39, 0.29) is 0 Å². The molecular formula is C14H22N2O. The molecule has 1 atom stereocenters. The van der Waals surface area contributed by atoms with E-state index in [4.69, 9.17) is 4.74 Å². The van der Waals surface area contributed by atoms with Crippen molar-refractivity contribution in [2.45, 2.75) is 18.9 Å². The first-order valence-corrected chi connectivity index (χ1v) is 6.28. The van der Waals surface area contributed by atoms with Gasteiger partial charge in [0, 0.05) is 12.6 Å². The van der Waals surface area contributed by atoms with Gasteiger partial charge in [0.1, 0.15) is 5.75 Å². The van der Waals surface area contributed by atoms with Crippen molar-refractivity contribution in [2.75, 3.05) is 34.3 Å². The SMILES string of the molecule is CNCCC1c2cc(OC)ccc2CCN1C. The monoisotopic (exact) mass is 234 g/mol. The van der Waals surface area contributed by atoms with Crippen molar-refractivity contribution in [1.82, 2.24) is 10.2 Å². The van der Waals surface area contributed by atoms with Gasteiger partial charge in [0.25, 0.3) is 0 Å². The Morgan fingerprint density at radius 1 is 1.47 bits per heavy atom. The predicted molar refractivity (Wildman–Crippen MR) is 70.6 cm³/mol. The molecule has 1 N–H and O–H groups in total. The van der Waals surface area contributed by atoms with E-state index in [1.807, 2.05) is 7.05 Å². The Morgan fingerprint density at radius 3 is 3.00 bits per heavy atom. The number of hydrogen-bond donors (Lipinski definition) is 1. The third-order valence-corrected chi connectivity index (χ3v) is 3.65. The summed E-state index contributed by atoms with van der Waals surface area (Å²) in [5.74, 6) is 0.966. The third kappa shape index (κ3) is 2.61. The topological polar surface area (TPSA) is 24.5 Å². The normalized spacial score (nSPS) is 20.1. The molecule has 1 aromatic carbocycles. The van der Waals surface area contributed by atoms with Crippen LogP contribution in [-0.4, -0.2) is 39.2 Å². The Labute approximate surface area is 104 Å². The van der Waals surface area contributed by atoms with Gasteiger partial charge in [-0.1, -0.05) is 6.07 Å². The maximum atomic E-state index is 5.33. The van der Waals surface area contributed by atoms with Crippen LogP contribution in [0.5, 0.6) is 5.75 Å². The van der Waals surface area contributed by atoms with Gasteiger partial charge in [0.2, 0.25) is 0 Å². The van der Waals surface area contributed by atoms with E-state index in [1.54, 1.807) is 7.11 Å². The van der Waals surface area contributed by atoms with Gasteiger partial charge in [-0.3, -0.25) is 4.90 Å².